The number of halogens is 3. The maximum absolute atomic E-state index is 14.1. The summed E-state index contributed by atoms with van der Waals surface area (Å²) in [6, 6.07) is 6.34. The summed E-state index contributed by atoms with van der Waals surface area (Å²) in [4.78, 5) is 12.9. The van der Waals surface area contributed by atoms with Crippen molar-refractivity contribution in [3.05, 3.63) is 59.4 Å². The fourth-order valence-corrected chi connectivity index (χ4v) is 3.82. The maximum Gasteiger partial charge on any atom is 0.289 e. The minimum absolute atomic E-state index is 0.158. The number of hydrogen-bond donors (Lipinski definition) is 3. The molecule has 8 heteroatoms. The van der Waals surface area contributed by atoms with Crippen LogP contribution in [-0.2, 0) is 4.79 Å². The fourth-order valence-electron chi connectivity index (χ4n) is 3.82. The number of aliphatic hydroxyl groups excluding tert-OH is 1. The molecule has 0 aliphatic carbocycles. The quantitative estimate of drug-likeness (QED) is 0.450. The summed E-state index contributed by atoms with van der Waals surface area (Å²) in [5.74, 6) is -3.25. The van der Waals surface area contributed by atoms with Crippen LogP contribution in [0.5, 0.6) is 0 Å². The highest BCUT2D eigenvalue weighted by atomic mass is 19.2. The Labute approximate surface area is 185 Å². The van der Waals surface area contributed by atoms with E-state index in [2.05, 4.69) is 5.32 Å². The van der Waals surface area contributed by atoms with E-state index in [-0.39, 0.29) is 36.1 Å². The second-order valence-electron chi connectivity index (χ2n) is 8.45. The van der Waals surface area contributed by atoms with Crippen LogP contribution in [0.3, 0.4) is 0 Å². The smallest absolute Gasteiger partial charge is 0.289 e. The van der Waals surface area contributed by atoms with Gasteiger partial charge in [-0.1, -0.05) is 38.1 Å². The fraction of sp³-hybridized carbons (Fsp3) is 0.417. The van der Waals surface area contributed by atoms with Crippen LogP contribution >= 0.6 is 0 Å². The lowest BCUT2D eigenvalue weighted by Gasteiger charge is -2.19. The molecule has 172 valence electrons. The number of carbonyl (C=O) groups excluding carboxylic acids is 1. The van der Waals surface area contributed by atoms with Crippen molar-refractivity contribution in [1.29, 1.82) is 0 Å². The Kier molecular flexibility index (Phi) is 7.69. The molecule has 1 aliphatic rings. The van der Waals surface area contributed by atoms with Crippen LogP contribution in [0.1, 0.15) is 38.3 Å². The number of amides is 1. The molecule has 0 saturated carbocycles. The van der Waals surface area contributed by atoms with Gasteiger partial charge in [0.25, 0.3) is 5.91 Å². The van der Waals surface area contributed by atoms with Crippen molar-refractivity contribution in [3.8, 4) is 11.1 Å². The lowest BCUT2D eigenvalue weighted by Crippen LogP contribution is -2.44. The van der Waals surface area contributed by atoms with Crippen LogP contribution < -0.4 is 11.1 Å². The SMILES string of the molecule is CC(C)C(N)C=[N+]1CCCC1C(=O)NC(CO)c1ccc(-c2c(F)ccc(F)c2F)cc1. The van der Waals surface area contributed by atoms with Crippen LogP contribution in [0.25, 0.3) is 11.1 Å². The second kappa shape index (κ2) is 10.3. The molecule has 3 rings (SSSR count). The zero-order valence-electron chi connectivity index (χ0n) is 18.2. The van der Waals surface area contributed by atoms with Gasteiger partial charge in [0.15, 0.2) is 17.8 Å². The van der Waals surface area contributed by atoms with Gasteiger partial charge in [0.2, 0.25) is 6.04 Å². The molecule has 3 unspecified atom stereocenters. The first-order valence-corrected chi connectivity index (χ1v) is 10.7. The number of aliphatic hydroxyl groups is 1. The van der Waals surface area contributed by atoms with E-state index in [0.717, 1.165) is 25.1 Å². The molecule has 0 aromatic heterocycles. The number of nitrogens with one attached hydrogen (secondary N) is 1. The molecule has 0 radical (unpaired) electrons. The largest absolute Gasteiger partial charge is 0.394 e. The predicted molar refractivity (Wildman–Crippen MR) is 117 cm³/mol. The highest BCUT2D eigenvalue weighted by Crippen LogP contribution is 2.29. The Bertz CT molecular complexity index is 993. The van der Waals surface area contributed by atoms with E-state index >= 15 is 0 Å². The number of benzene rings is 2. The van der Waals surface area contributed by atoms with Crippen molar-refractivity contribution in [3.63, 3.8) is 0 Å². The topological polar surface area (TPSA) is 78.4 Å². The van der Waals surface area contributed by atoms with Crippen molar-refractivity contribution < 1.29 is 27.6 Å². The van der Waals surface area contributed by atoms with E-state index < -0.39 is 29.1 Å². The van der Waals surface area contributed by atoms with Gasteiger partial charge in [0, 0.05) is 12.8 Å². The lowest BCUT2D eigenvalue weighted by molar-refractivity contribution is -0.527. The summed E-state index contributed by atoms with van der Waals surface area (Å²) in [5, 5.41) is 12.7. The number of rotatable bonds is 7. The van der Waals surface area contributed by atoms with Gasteiger partial charge in [0.1, 0.15) is 12.4 Å². The average Bonchev–Trinajstić information content (AvgIpc) is 3.23. The van der Waals surface area contributed by atoms with Gasteiger partial charge in [-0.2, -0.15) is 0 Å². The van der Waals surface area contributed by atoms with Crippen LogP contribution in [0.4, 0.5) is 13.2 Å². The molecule has 5 nitrogen and oxygen atoms in total. The molecule has 0 bridgehead atoms. The summed E-state index contributed by atoms with van der Waals surface area (Å²) in [7, 11) is 0. The highest BCUT2D eigenvalue weighted by Gasteiger charge is 2.36. The van der Waals surface area contributed by atoms with E-state index in [0.29, 0.717) is 12.0 Å². The molecule has 1 fully saturated rings. The van der Waals surface area contributed by atoms with Crippen molar-refractivity contribution in [2.24, 2.45) is 11.7 Å². The Hall–Kier alpha value is -2.71. The van der Waals surface area contributed by atoms with Crippen LogP contribution in [0, 0.1) is 23.4 Å². The van der Waals surface area contributed by atoms with Crippen LogP contribution in [0.2, 0.25) is 0 Å². The Morgan fingerprint density at radius 2 is 1.84 bits per heavy atom. The van der Waals surface area contributed by atoms with Gasteiger partial charge in [-0.3, -0.25) is 4.79 Å². The van der Waals surface area contributed by atoms with E-state index in [4.69, 9.17) is 5.73 Å². The lowest BCUT2D eigenvalue weighted by atomic mass is 9.99. The molecule has 2 aromatic carbocycles. The third-order valence-corrected chi connectivity index (χ3v) is 5.88. The Balaban J connectivity index is 1.76. The molecule has 4 N–H and O–H groups in total. The first-order chi connectivity index (χ1) is 15.2. The van der Waals surface area contributed by atoms with Gasteiger partial charge in [-0.15, -0.1) is 0 Å². The standard InChI is InChI=1S/C24H28F3N3O2/c1-14(2)19(28)12-30-11-3-4-21(30)24(32)29-20(13-31)15-5-7-16(8-6-15)22-17(25)9-10-18(26)23(22)27/h5-10,12,14,19-21,31H,3-4,11,13,28H2,1-2H3/p+1. The molecule has 0 spiro atoms. The number of carbonyl (C=O) groups is 1. The monoisotopic (exact) mass is 448 g/mol. The minimum atomic E-state index is -1.26. The second-order valence-corrected chi connectivity index (χ2v) is 8.45. The van der Waals surface area contributed by atoms with E-state index in [1.54, 1.807) is 12.1 Å². The molecule has 1 amide bonds. The van der Waals surface area contributed by atoms with Gasteiger partial charge in [-0.05, 0) is 29.2 Å². The van der Waals surface area contributed by atoms with Gasteiger partial charge in [0.05, 0.1) is 24.3 Å². The maximum atomic E-state index is 14.1. The third kappa shape index (κ3) is 5.19. The Morgan fingerprint density at radius 1 is 1.19 bits per heavy atom. The first-order valence-electron chi connectivity index (χ1n) is 10.7. The Morgan fingerprint density at radius 3 is 2.47 bits per heavy atom. The number of hydrogen-bond acceptors (Lipinski definition) is 3. The van der Waals surface area contributed by atoms with Crippen molar-refractivity contribution in [2.45, 2.75) is 44.8 Å². The molecule has 2 aromatic rings. The molecule has 1 aliphatic heterocycles. The molecular formula is C24H29F3N3O2+. The molecule has 3 atom stereocenters. The first kappa shape index (κ1) is 23.9. The third-order valence-electron chi connectivity index (χ3n) is 5.88. The van der Waals surface area contributed by atoms with Gasteiger partial charge >= 0.3 is 0 Å². The summed E-state index contributed by atoms with van der Waals surface area (Å²) in [6.07, 6.45) is 3.44. The summed E-state index contributed by atoms with van der Waals surface area (Å²) < 4.78 is 43.6. The highest BCUT2D eigenvalue weighted by molar-refractivity contribution is 5.82. The van der Waals surface area contributed by atoms with Crippen molar-refractivity contribution in [2.75, 3.05) is 13.2 Å². The zero-order chi connectivity index (χ0) is 23.4. The molecular weight excluding hydrogens is 419 g/mol. The minimum Gasteiger partial charge on any atom is -0.394 e. The number of nitrogens with zero attached hydrogens (tertiary/aromatic N) is 1. The van der Waals surface area contributed by atoms with E-state index in [1.165, 1.54) is 12.1 Å². The van der Waals surface area contributed by atoms with E-state index in [9.17, 15) is 23.1 Å². The van der Waals surface area contributed by atoms with Gasteiger partial charge in [-0.25, -0.2) is 17.7 Å². The molecule has 1 saturated heterocycles. The molecule has 1 heterocycles. The van der Waals surface area contributed by atoms with Crippen LogP contribution in [-0.4, -0.2) is 47.0 Å². The average molecular weight is 449 g/mol. The van der Waals surface area contributed by atoms with Crippen molar-refractivity contribution in [1.82, 2.24) is 5.32 Å². The molecule has 32 heavy (non-hydrogen) atoms. The summed E-state index contributed by atoms with van der Waals surface area (Å²) in [5.41, 5.74) is 6.39. The summed E-state index contributed by atoms with van der Waals surface area (Å²) in [6.45, 7) is 4.41. The van der Waals surface area contributed by atoms with E-state index in [1.807, 2.05) is 24.6 Å². The normalized spacial score (nSPS) is 19.4. The van der Waals surface area contributed by atoms with Crippen molar-refractivity contribution >= 4 is 12.1 Å². The summed E-state index contributed by atoms with van der Waals surface area (Å²) >= 11 is 0. The zero-order valence-corrected chi connectivity index (χ0v) is 18.2. The van der Waals surface area contributed by atoms with Crippen LogP contribution in [0.15, 0.2) is 36.4 Å². The van der Waals surface area contributed by atoms with Gasteiger partial charge < -0.3 is 16.2 Å². The number of nitrogens with two attached hydrogens (primary N) is 1. The predicted octanol–water partition coefficient (Wildman–Crippen LogP) is 3.15.